The number of benzene rings is 2. The summed E-state index contributed by atoms with van der Waals surface area (Å²) in [5.74, 6) is -1.35. The molecule has 1 saturated heterocycles. The van der Waals surface area contributed by atoms with E-state index in [1.54, 1.807) is 24.3 Å². The van der Waals surface area contributed by atoms with Crippen molar-refractivity contribution in [1.82, 2.24) is 5.32 Å². The first-order valence-corrected chi connectivity index (χ1v) is 9.68. The van der Waals surface area contributed by atoms with E-state index in [9.17, 15) is 9.59 Å². The van der Waals surface area contributed by atoms with Crippen LogP contribution in [0.2, 0.25) is 5.02 Å². The second-order valence-electron chi connectivity index (χ2n) is 6.68. The molecular formula is C21H24ClN3O2. The van der Waals surface area contributed by atoms with E-state index in [-0.39, 0.29) is 0 Å². The summed E-state index contributed by atoms with van der Waals surface area (Å²) in [5, 5.41) is 5.68. The molecule has 0 radical (unpaired) electrons. The summed E-state index contributed by atoms with van der Waals surface area (Å²) in [7, 11) is 0. The minimum atomic E-state index is -0.697. The summed E-state index contributed by atoms with van der Waals surface area (Å²) in [6.07, 6.45) is 4.51. The molecule has 0 spiro atoms. The fraction of sp³-hybridized carbons (Fsp3) is 0.333. The highest BCUT2D eigenvalue weighted by molar-refractivity contribution is 6.39. The minimum Gasteiger partial charge on any atom is -0.372 e. The predicted molar refractivity (Wildman–Crippen MR) is 109 cm³/mol. The molecule has 0 aromatic heterocycles. The zero-order chi connectivity index (χ0) is 19.1. The van der Waals surface area contributed by atoms with Gasteiger partial charge in [-0.3, -0.25) is 9.59 Å². The summed E-state index contributed by atoms with van der Waals surface area (Å²) in [4.78, 5) is 26.2. The molecule has 2 aromatic rings. The lowest BCUT2D eigenvalue weighted by Gasteiger charge is -2.28. The fourth-order valence-corrected chi connectivity index (χ4v) is 3.37. The Kier molecular flexibility index (Phi) is 6.71. The van der Waals surface area contributed by atoms with E-state index in [4.69, 9.17) is 11.6 Å². The average molecular weight is 386 g/mol. The molecule has 6 heteroatoms. The van der Waals surface area contributed by atoms with Crippen molar-refractivity contribution in [1.29, 1.82) is 0 Å². The fourth-order valence-electron chi connectivity index (χ4n) is 3.18. The third-order valence-corrected chi connectivity index (χ3v) is 4.88. The minimum absolute atomic E-state index is 0.408. The molecular weight excluding hydrogens is 362 g/mol. The van der Waals surface area contributed by atoms with Crippen molar-refractivity contribution in [2.45, 2.75) is 25.7 Å². The van der Waals surface area contributed by atoms with Gasteiger partial charge in [0.25, 0.3) is 0 Å². The van der Waals surface area contributed by atoms with E-state index in [0.29, 0.717) is 23.7 Å². The summed E-state index contributed by atoms with van der Waals surface area (Å²) < 4.78 is 0. The number of carbonyl (C=O) groups excluding carboxylic acids is 2. The highest BCUT2D eigenvalue weighted by atomic mass is 35.5. The summed E-state index contributed by atoms with van der Waals surface area (Å²) in [6, 6.07) is 15.1. The van der Waals surface area contributed by atoms with Gasteiger partial charge in [-0.25, -0.2) is 0 Å². The van der Waals surface area contributed by atoms with Crippen molar-refractivity contribution in [3.8, 4) is 0 Å². The maximum Gasteiger partial charge on any atom is 0.313 e. The van der Waals surface area contributed by atoms with Crippen LogP contribution in [-0.2, 0) is 16.0 Å². The van der Waals surface area contributed by atoms with Gasteiger partial charge in [0.15, 0.2) is 0 Å². The van der Waals surface area contributed by atoms with E-state index < -0.39 is 11.8 Å². The Morgan fingerprint density at radius 1 is 0.963 bits per heavy atom. The Labute approximate surface area is 164 Å². The number of amides is 2. The molecule has 2 N–H and O–H groups in total. The first-order valence-electron chi connectivity index (χ1n) is 9.30. The largest absolute Gasteiger partial charge is 0.372 e. The Balaban J connectivity index is 1.43. The van der Waals surface area contributed by atoms with Gasteiger partial charge in [-0.15, -0.1) is 0 Å². The molecule has 27 heavy (non-hydrogen) atoms. The van der Waals surface area contributed by atoms with Crippen LogP contribution in [0.15, 0.2) is 48.5 Å². The zero-order valence-corrected chi connectivity index (χ0v) is 16.0. The lowest BCUT2D eigenvalue weighted by molar-refractivity contribution is -0.136. The van der Waals surface area contributed by atoms with Crippen LogP contribution in [0.1, 0.15) is 24.8 Å². The summed E-state index contributed by atoms with van der Waals surface area (Å²) in [6.45, 7) is 2.65. The van der Waals surface area contributed by atoms with Crippen LogP contribution in [0.25, 0.3) is 0 Å². The summed E-state index contributed by atoms with van der Waals surface area (Å²) in [5.41, 5.74) is 2.88. The Morgan fingerprint density at radius 3 is 2.41 bits per heavy atom. The van der Waals surface area contributed by atoms with Gasteiger partial charge in [-0.1, -0.05) is 29.8 Å². The van der Waals surface area contributed by atoms with Crippen molar-refractivity contribution >= 4 is 34.8 Å². The number of anilines is 2. The molecule has 3 rings (SSSR count). The highest BCUT2D eigenvalue weighted by Gasteiger charge is 2.13. The first kappa shape index (κ1) is 19.2. The second kappa shape index (κ2) is 9.42. The average Bonchev–Trinajstić information content (AvgIpc) is 2.69. The standard InChI is InChI=1S/C21H24ClN3O2/c22-17-5-4-6-18(15-17)24-21(27)20(26)23-12-11-16-7-9-19(10-8-16)25-13-2-1-3-14-25/h4-10,15H,1-3,11-14H2,(H,23,26)(H,24,27). The van der Waals surface area contributed by atoms with Crippen LogP contribution in [-0.4, -0.2) is 31.4 Å². The van der Waals surface area contributed by atoms with Gasteiger partial charge < -0.3 is 15.5 Å². The topological polar surface area (TPSA) is 61.4 Å². The number of nitrogens with one attached hydrogen (secondary N) is 2. The van der Waals surface area contributed by atoms with Crippen molar-refractivity contribution in [3.05, 3.63) is 59.1 Å². The van der Waals surface area contributed by atoms with Crippen LogP contribution in [0.3, 0.4) is 0 Å². The summed E-state index contributed by atoms with van der Waals surface area (Å²) >= 11 is 5.87. The normalized spacial score (nSPS) is 13.9. The monoisotopic (exact) mass is 385 g/mol. The number of halogens is 1. The van der Waals surface area contributed by atoms with Gasteiger partial charge in [0.2, 0.25) is 0 Å². The van der Waals surface area contributed by atoms with Crippen LogP contribution in [0.5, 0.6) is 0 Å². The molecule has 1 aliphatic heterocycles. The van der Waals surface area contributed by atoms with E-state index in [0.717, 1.165) is 18.7 Å². The van der Waals surface area contributed by atoms with Crippen LogP contribution in [0.4, 0.5) is 11.4 Å². The highest BCUT2D eigenvalue weighted by Crippen LogP contribution is 2.20. The third-order valence-electron chi connectivity index (χ3n) is 4.65. The Hall–Kier alpha value is -2.53. The van der Waals surface area contributed by atoms with Gasteiger partial charge >= 0.3 is 11.8 Å². The molecule has 0 unspecified atom stereocenters. The van der Waals surface area contributed by atoms with E-state index in [1.165, 1.54) is 24.9 Å². The van der Waals surface area contributed by atoms with E-state index in [2.05, 4.69) is 39.8 Å². The maximum absolute atomic E-state index is 11.9. The SMILES string of the molecule is O=C(NCCc1ccc(N2CCCCC2)cc1)C(=O)Nc1cccc(Cl)c1. The predicted octanol–water partition coefficient (Wildman–Crippen LogP) is 3.63. The smallest absolute Gasteiger partial charge is 0.313 e. The lowest BCUT2D eigenvalue weighted by atomic mass is 10.1. The molecule has 0 bridgehead atoms. The van der Waals surface area contributed by atoms with Gasteiger partial charge in [-0.2, -0.15) is 0 Å². The molecule has 2 amide bonds. The number of piperidine rings is 1. The molecule has 0 aliphatic carbocycles. The van der Waals surface area contributed by atoms with E-state index >= 15 is 0 Å². The number of hydrogen-bond donors (Lipinski definition) is 2. The molecule has 2 aromatic carbocycles. The molecule has 1 heterocycles. The van der Waals surface area contributed by atoms with Crippen LogP contribution < -0.4 is 15.5 Å². The first-order chi connectivity index (χ1) is 13.1. The number of hydrogen-bond acceptors (Lipinski definition) is 3. The second-order valence-corrected chi connectivity index (χ2v) is 7.12. The van der Waals surface area contributed by atoms with Crippen molar-refractivity contribution in [2.24, 2.45) is 0 Å². The Morgan fingerprint density at radius 2 is 1.70 bits per heavy atom. The van der Waals surface area contributed by atoms with Crippen molar-refractivity contribution in [2.75, 3.05) is 29.9 Å². The molecule has 5 nitrogen and oxygen atoms in total. The number of carbonyl (C=O) groups is 2. The van der Waals surface area contributed by atoms with Gasteiger partial charge in [0, 0.05) is 36.0 Å². The quantitative estimate of drug-likeness (QED) is 0.772. The van der Waals surface area contributed by atoms with Crippen molar-refractivity contribution < 1.29 is 9.59 Å². The van der Waals surface area contributed by atoms with Crippen molar-refractivity contribution in [3.63, 3.8) is 0 Å². The van der Waals surface area contributed by atoms with Gasteiger partial charge in [0.05, 0.1) is 0 Å². The number of nitrogens with zero attached hydrogens (tertiary/aromatic N) is 1. The zero-order valence-electron chi connectivity index (χ0n) is 15.2. The molecule has 0 saturated carbocycles. The molecule has 1 fully saturated rings. The van der Waals surface area contributed by atoms with Crippen LogP contribution in [0, 0.1) is 0 Å². The number of rotatable bonds is 5. The molecule has 142 valence electrons. The van der Waals surface area contributed by atoms with Gasteiger partial charge in [-0.05, 0) is 61.6 Å². The van der Waals surface area contributed by atoms with Gasteiger partial charge in [0.1, 0.15) is 0 Å². The van der Waals surface area contributed by atoms with E-state index in [1.807, 2.05) is 0 Å². The Bertz CT molecular complexity index is 786. The third kappa shape index (κ3) is 5.73. The lowest BCUT2D eigenvalue weighted by Crippen LogP contribution is -2.36. The molecule has 0 atom stereocenters. The molecule has 1 aliphatic rings. The maximum atomic E-state index is 11.9. The van der Waals surface area contributed by atoms with Crippen LogP contribution >= 0.6 is 11.6 Å².